The molecule has 0 N–H and O–H groups in total. The molecular weight excluding hydrogens is 288 g/mol. The molecule has 1 aromatic rings. The van der Waals surface area contributed by atoms with Gasteiger partial charge in [0, 0.05) is 5.02 Å². The second-order valence-electron chi connectivity index (χ2n) is 5.44. The van der Waals surface area contributed by atoms with Crippen molar-refractivity contribution in [3.8, 4) is 5.75 Å². The van der Waals surface area contributed by atoms with Crippen molar-refractivity contribution >= 4 is 17.6 Å². The third-order valence-electron chi connectivity index (χ3n) is 3.28. The van der Waals surface area contributed by atoms with E-state index in [4.69, 9.17) is 21.1 Å². The van der Waals surface area contributed by atoms with E-state index in [0.717, 1.165) is 23.3 Å². The largest absolute Gasteiger partial charge is 0.478 e. The maximum absolute atomic E-state index is 12.0. The second-order valence-corrected chi connectivity index (χ2v) is 5.85. The Labute approximate surface area is 132 Å². The predicted molar refractivity (Wildman–Crippen MR) is 86.2 cm³/mol. The lowest BCUT2D eigenvalue weighted by Crippen LogP contribution is -2.29. The standard InChI is InChI=1S/C17H25ClO3/c1-6-8-15(17(19)20-7-2)21-16-9-12(5)14(18)10-13(16)11(3)4/h9-11,15H,6-8H2,1-5H3. The number of carbonyl (C=O) groups is 1. The first kappa shape index (κ1) is 17.8. The first-order valence-electron chi connectivity index (χ1n) is 7.53. The molecule has 0 amide bonds. The summed E-state index contributed by atoms with van der Waals surface area (Å²) >= 11 is 6.19. The van der Waals surface area contributed by atoms with Crippen LogP contribution in [0, 0.1) is 6.92 Å². The van der Waals surface area contributed by atoms with Gasteiger partial charge in [-0.2, -0.15) is 0 Å². The van der Waals surface area contributed by atoms with Gasteiger partial charge in [-0.15, -0.1) is 0 Å². The highest BCUT2D eigenvalue weighted by Crippen LogP contribution is 2.33. The van der Waals surface area contributed by atoms with Gasteiger partial charge >= 0.3 is 5.97 Å². The third kappa shape index (κ3) is 4.92. The van der Waals surface area contributed by atoms with Crippen LogP contribution in [0.2, 0.25) is 5.02 Å². The van der Waals surface area contributed by atoms with Gasteiger partial charge in [0.25, 0.3) is 0 Å². The number of ether oxygens (including phenoxy) is 2. The topological polar surface area (TPSA) is 35.5 Å². The third-order valence-corrected chi connectivity index (χ3v) is 3.69. The second kappa shape index (κ2) is 8.28. The Morgan fingerprint density at radius 1 is 1.29 bits per heavy atom. The van der Waals surface area contributed by atoms with Gasteiger partial charge in [0.05, 0.1) is 6.61 Å². The van der Waals surface area contributed by atoms with E-state index in [9.17, 15) is 4.79 Å². The minimum Gasteiger partial charge on any atom is -0.478 e. The summed E-state index contributed by atoms with van der Waals surface area (Å²) in [5.41, 5.74) is 1.95. The highest BCUT2D eigenvalue weighted by molar-refractivity contribution is 6.31. The van der Waals surface area contributed by atoms with Crippen molar-refractivity contribution in [3.63, 3.8) is 0 Å². The van der Waals surface area contributed by atoms with Crippen LogP contribution in [0.3, 0.4) is 0 Å². The number of halogens is 1. The summed E-state index contributed by atoms with van der Waals surface area (Å²) in [5, 5.41) is 0.717. The molecule has 0 heterocycles. The van der Waals surface area contributed by atoms with Crippen LogP contribution in [0.15, 0.2) is 12.1 Å². The lowest BCUT2D eigenvalue weighted by atomic mass is 10.0. The van der Waals surface area contributed by atoms with Crippen molar-refractivity contribution in [1.82, 2.24) is 0 Å². The van der Waals surface area contributed by atoms with Crippen LogP contribution < -0.4 is 4.74 Å². The minimum absolute atomic E-state index is 0.266. The molecule has 1 rings (SSSR count). The molecule has 0 aromatic heterocycles. The molecule has 0 aliphatic carbocycles. The summed E-state index contributed by atoms with van der Waals surface area (Å²) in [7, 11) is 0. The molecule has 1 aromatic carbocycles. The zero-order valence-electron chi connectivity index (χ0n) is 13.5. The van der Waals surface area contributed by atoms with E-state index >= 15 is 0 Å². The van der Waals surface area contributed by atoms with E-state index in [-0.39, 0.29) is 11.9 Å². The summed E-state index contributed by atoms with van der Waals surface area (Å²) in [6, 6.07) is 3.82. The molecule has 118 valence electrons. The monoisotopic (exact) mass is 312 g/mol. The van der Waals surface area contributed by atoms with E-state index in [1.165, 1.54) is 0 Å². The van der Waals surface area contributed by atoms with Gasteiger partial charge in [-0.3, -0.25) is 0 Å². The van der Waals surface area contributed by atoms with E-state index in [1.54, 1.807) is 6.92 Å². The number of rotatable bonds is 7. The van der Waals surface area contributed by atoms with Crippen LogP contribution in [-0.4, -0.2) is 18.7 Å². The van der Waals surface area contributed by atoms with Gasteiger partial charge in [-0.05, 0) is 49.4 Å². The maximum atomic E-state index is 12.0. The number of benzene rings is 1. The molecule has 4 heteroatoms. The quantitative estimate of drug-likeness (QED) is 0.673. The number of hydrogen-bond acceptors (Lipinski definition) is 3. The normalized spacial score (nSPS) is 12.3. The summed E-state index contributed by atoms with van der Waals surface area (Å²) in [6.45, 7) is 10.3. The Morgan fingerprint density at radius 3 is 2.48 bits per heavy atom. The molecule has 0 radical (unpaired) electrons. The highest BCUT2D eigenvalue weighted by Gasteiger charge is 2.23. The fourth-order valence-corrected chi connectivity index (χ4v) is 2.27. The molecule has 1 unspecified atom stereocenters. The van der Waals surface area contributed by atoms with Crippen LogP contribution in [0.4, 0.5) is 0 Å². The lowest BCUT2D eigenvalue weighted by Gasteiger charge is -2.21. The molecule has 0 saturated heterocycles. The smallest absolute Gasteiger partial charge is 0.347 e. The van der Waals surface area contributed by atoms with Gasteiger partial charge in [0.15, 0.2) is 6.10 Å². The van der Waals surface area contributed by atoms with Crippen molar-refractivity contribution in [2.45, 2.75) is 59.5 Å². The zero-order chi connectivity index (χ0) is 16.0. The SMILES string of the molecule is CCCC(Oc1cc(C)c(Cl)cc1C(C)C)C(=O)OCC. The average Bonchev–Trinajstić information content (AvgIpc) is 2.42. The lowest BCUT2D eigenvalue weighted by molar-refractivity contribution is -0.151. The number of carbonyl (C=O) groups excluding carboxylic acids is 1. The van der Waals surface area contributed by atoms with E-state index in [0.29, 0.717) is 18.1 Å². The number of esters is 1. The van der Waals surface area contributed by atoms with E-state index in [1.807, 2.05) is 26.0 Å². The number of aryl methyl sites for hydroxylation is 1. The van der Waals surface area contributed by atoms with Crippen molar-refractivity contribution in [2.24, 2.45) is 0 Å². The highest BCUT2D eigenvalue weighted by atomic mass is 35.5. The molecular formula is C17H25ClO3. The van der Waals surface area contributed by atoms with Gasteiger partial charge < -0.3 is 9.47 Å². The van der Waals surface area contributed by atoms with Crippen LogP contribution in [0.1, 0.15) is 57.6 Å². The van der Waals surface area contributed by atoms with E-state index < -0.39 is 6.10 Å². The van der Waals surface area contributed by atoms with Gasteiger partial charge in [-0.25, -0.2) is 4.79 Å². The van der Waals surface area contributed by atoms with Crippen molar-refractivity contribution in [2.75, 3.05) is 6.61 Å². The molecule has 0 saturated carbocycles. The summed E-state index contributed by atoms with van der Waals surface area (Å²) in [4.78, 5) is 12.0. The summed E-state index contributed by atoms with van der Waals surface area (Å²) in [6.07, 6.45) is 0.929. The van der Waals surface area contributed by atoms with Gasteiger partial charge in [0.2, 0.25) is 0 Å². The summed E-state index contributed by atoms with van der Waals surface area (Å²) < 4.78 is 11.1. The van der Waals surface area contributed by atoms with Crippen LogP contribution in [0.25, 0.3) is 0 Å². The molecule has 0 aliphatic rings. The van der Waals surface area contributed by atoms with Crippen LogP contribution in [-0.2, 0) is 9.53 Å². The molecule has 0 aliphatic heterocycles. The molecule has 21 heavy (non-hydrogen) atoms. The molecule has 1 atom stereocenters. The average molecular weight is 313 g/mol. The van der Waals surface area contributed by atoms with Crippen molar-refractivity contribution in [1.29, 1.82) is 0 Å². The van der Waals surface area contributed by atoms with Gasteiger partial charge in [0.1, 0.15) is 5.75 Å². The molecule has 3 nitrogen and oxygen atoms in total. The van der Waals surface area contributed by atoms with Gasteiger partial charge in [-0.1, -0.05) is 38.8 Å². The molecule has 0 bridgehead atoms. The fraction of sp³-hybridized carbons (Fsp3) is 0.588. The Hall–Kier alpha value is -1.22. The minimum atomic E-state index is -0.562. The predicted octanol–water partition coefficient (Wildman–Crippen LogP) is 4.88. The van der Waals surface area contributed by atoms with Crippen LogP contribution in [0.5, 0.6) is 5.75 Å². The van der Waals surface area contributed by atoms with Crippen molar-refractivity contribution < 1.29 is 14.3 Å². The first-order valence-corrected chi connectivity index (χ1v) is 7.91. The maximum Gasteiger partial charge on any atom is 0.347 e. The Kier molecular flexibility index (Phi) is 7.03. The van der Waals surface area contributed by atoms with Crippen LogP contribution >= 0.6 is 11.6 Å². The Balaban J connectivity index is 3.07. The zero-order valence-corrected chi connectivity index (χ0v) is 14.3. The van der Waals surface area contributed by atoms with E-state index in [2.05, 4.69) is 13.8 Å². The first-order chi connectivity index (χ1) is 9.90. The fourth-order valence-electron chi connectivity index (χ4n) is 2.10. The number of hydrogen-bond donors (Lipinski definition) is 0. The van der Waals surface area contributed by atoms with Crippen molar-refractivity contribution in [3.05, 3.63) is 28.3 Å². The summed E-state index contributed by atoms with van der Waals surface area (Å²) in [5.74, 6) is 0.683. The molecule has 0 spiro atoms. The Bertz CT molecular complexity index is 483. The molecule has 0 fully saturated rings. The Morgan fingerprint density at radius 2 is 1.95 bits per heavy atom.